The lowest BCUT2D eigenvalue weighted by Crippen LogP contribution is -1.86. The molecule has 2 aromatic heterocycles. The summed E-state index contributed by atoms with van der Waals surface area (Å²) in [5.41, 5.74) is 6.13. The van der Waals surface area contributed by atoms with E-state index in [9.17, 15) is 0 Å². The first kappa shape index (κ1) is 15.4. The number of hydrogen-bond donors (Lipinski definition) is 0. The Bertz CT molecular complexity index is 1330. The summed E-state index contributed by atoms with van der Waals surface area (Å²) in [7, 11) is 0. The normalized spacial score (nSPS) is 10.9. The van der Waals surface area contributed by atoms with Crippen LogP contribution in [0.15, 0.2) is 89.5 Å². The van der Waals surface area contributed by atoms with Crippen molar-refractivity contribution in [3.05, 3.63) is 96.5 Å². The van der Waals surface area contributed by atoms with Crippen LogP contribution in [0.5, 0.6) is 0 Å². The van der Waals surface area contributed by atoms with E-state index in [4.69, 9.17) is 11.0 Å². The highest BCUT2D eigenvalue weighted by atomic mass is 16.3. The summed E-state index contributed by atoms with van der Waals surface area (Å²) in [5.74, 6) is 0. The lowest BCUT2D eigenvalue weighted by molar-refractivity contribution is 0.670. The van der Waals surface area contributed by atoms with Gasteiger partial charge < -0.3 is 4.42 Å². The number of rotatable bonds is 2. The number of pyridine rings is 1. The molecule has 0 aliphatic rings. The van der Waals surface area contributed by atoms with Gasteiger partial charge in [-0.3, -0.25) is 4.98 Å². The molecule has 0 radical (unpaired) electrons. The molecule has 0 atom stereocenters. The Hall–Kier alpha value is -3.90. The lowest BCUT2D eigenvalue weighted by Gasteiger charge is -2.06. The number of nitrogens with zero attached hydrogens (tertiary/aromatic N) is 2. The summed E-state index contributed by atoms with van der Waals surface area (Å²) >= 11 is 0. The summed E-state index contributed by atoms with van der Waals surface area (Å²) in [6.07, 6.45) is 1.82. The van der Waals surface area contributed by atoms with Crippen LogP contribution in [0, 0.1) is 6.57 Å². The van der Waals surface area contributed by atoms with Crippen LogP contribution in [-0.2, 0) is 0 Å². The zero-order valence-electron chi connectivity index (χ0n) is 14.4. The Kier molecular flexibility index (Phi) is 3.48. The van der Waals surface area contributed by atoms with Gasteiger partial charge in [0.1, 0.15) is 11.2 Å². The molecule has 0 fully saturated rings. The van der Waals surface area contributed by atoms with Gasteiger partial charge in [0, 0.05) is 22.5 Å². The van der Waals surface area contributed by atoms with Crippen LogP contribution in [0.3, 0.4) is 0 Å². The smallest absolute Gasteiger partial charge is 0.198 e. The highest BCUT2D eigenvalue weighted by Crippen LogP contribution is 2.39. The number of fused-ring (bicyclic) bond motifs is 3. The van der Waals surface area contributed by atoms with Crippen molar-refractivity contribution in [2.24, 2.45) is 0 Å². The minimum absolute atomic E-state index is 0.606. The van der Waals surface area contributed by atoms with Gasteiger partial charge in [0.25, 0.3) is 0 Å². The van der Waals surface area contributed by atoms with Crippen LogP contribution in [0.25, 0.3) is 49.2 Å². The van der Waals surface area contributed by atoms with Crippen molar-refractivity contribution in [1.29, 1.82) is 0 Å². The zero-order chi connectivity index (χ0) is 18.2. The van der Waals surface area contributed by atoms with Gasteiger partial charge in [-0.1, -0.05) is 54.6 Å². The fourth-order valence-corrected chi connectivity index (χ4v) is 3.51. The second-order valence-electron chi connectivity index (χ2n) is 6.34. The van der Waals surface area contributed by atoms with Gasteiger partial charge in [0.15, 0.2) is 5.69 Å². The van der Waals surface area contributed by atoms with Crippen molar-refractivity contribution < 1.29 is 4.42 Å². The summed E-state index contributed by atoms with van der Waals surface area (Å²) in [6, 6.07) is 25.9. The first-order valence-corrected chi connectivity index (χ1v) is 8.69. The molecule has 3 nitrogen and oxygen atoms in total. The van der Waals surface area contributed by atoms with Gasteiger partial charge in [-0.15, -0.1) is 0 Å². The maximum Gasteiger partial charge on any atom is 0.198 e. The third-order valence-electron chi connectivity index (χ3n) is 4.76. The van der Waals surface area contributed by atoms with E-state index in [0.717, 1.165) is 44.3 Å². The van der Waals surface area contributed by atoms with Gasteiger partial charge >= 0.3 is 0 Å². The van der Waals surface area contributed by atoms with Gasteiger partial charge in [0.2, 0.25) is 0 Å². The van der Waals surface area contributed by atoms with Crippen molar-refractivity contribution in [2.75, 3.05) is 0 Å². The van der Waals surface area contributed by atoms with Gasteiger partial charge in [-0.25, -0.2) is 4.85 Å². The Morgan fingerprint density at radius 2 is 1.67 bits per heavy atom. The Morgan fingerprint density at radius 3 is 2.52 bits per heavy atom. The van der Waals surface area contributed by atoms with Crippen LogP contribution in [-0.4, -0.2) is 4.98 Å². The fourth-order valence-electron chi connectivity index (χ4n) is 3.51. The second-order valence-corrected chi connectivity index (χ2v) is 6.34. The van der Waals surface area contributed by atoms with Crippen LogP contribution < -0.4 is 0 Å². The molecule has 3 aromatic carbocycles. The molecule has 0 aliphatic carbocycles. The predicted molar refractivity (Wildman–Crippen MR) is 109 cm³/mol. The van der Waals surface area contributed by atoms with Crippen molar-refractivity contribution in [2.45, 2.75) is 0 Å². The first-order valence-electron chi connectivity index (χ1n) is 8.69. The number of aromatic nitrogens is 1. The fraction of sp³-hybridized carbons (Fsp3) is 0. The molecule has 0 unspecified atom stereocenters. The van der Waals surface area contributed by atoms with Crippen molar-refractivity contribution in [3.63, 3.8) is 0 Å². The SMILES string of the molecule is [C-]#[N+]c1cccc2oc3c(-c4cc(-c5ccccc5)ccn4)cccc3c12. The summed E-state index contributed by atoms with van der Waals surface area (Å²) in [4.78, 5) is 8.23. The van der Waals surface area contributed by atoms with E-state index < -0.39 is 0 Å². The molecule has 2 heterocycles. The van der Waals surface area contributed by atoms with Gasteiger partial charge in [0.05, 0.1) is 12.3 Å². The third-order valence-corrected chi connectivity index (χ3v) is 4.76. The summed E-state index contributed by atoms with van der Waals surface area (Å²) < 4.78 is 6.14. The van der Waals surface area contributed by atoms with Crippen LogP contribution in [0.4, 0.5) is 5.69 Å². The van der Waals surface area contributed by atoms with E-state index >= 15 is 0 Å². The maximum atomic E-state index is 7.45. The van der Waals surface area contributed by atoms with Gasteiger partial charge in [-0.2, -0.15) is 0 Å². The molecule has 3 heteroatoms. The largest absolute Gasteiger partial charge is 0.457 e. The Balaban J connectivity index is 1.76. The zero-order valence-corrected chi connectivity index (χ0v) is 14.4. The molecule has 0 bridgehead atoms. The minimum Gasteiger partial charge on any atom is -0.457 e. The molecule has 0 spiro atoms. The van der Waals surface area contributed by atoms with Crippen molar-refractivity contribution in [1.82, 2.24) is 4.98 Å². The molecule has 0 N–H and O–H groups in total. The average molecular weight is 346 g/mol. The van der Waals surface area contributed by atoms with Crippen LogP contribution in [0.1, 0.15) is 0 Å². The topological polar surface area (TPSA) is 30.4 Å². The quantitative estimate of drug-likeness (QED) is 0.327. The molecule has 5 rings (SSSR count). The molecule has 0 amide bonds. The number of benzene rings is 3. The van der Waals surface area contributed by atoms with E-state index in [1.165, 1.54) is 0 Å². The lowest BCUT2D eigenvalue weighted by atomic mass is 10.0. The van der Waals surface area contributed by atoms with E-state index in [-0.39, 0.29) is 0 Å². The molecule has 5 aromatic rings. The number of para-hydroxylation sites is 1. The Morgan fingerprint density at radius 1 is 0.815 bits per heavy atom. The molecule has 126 valence electrons. The molecular formula is C24H14N2O. The van der Waals surface area contributed by atoms with E-state index in [1.807, 2.05) is 66.9 Å². The summed E-state index contributed by atoms with van der Waals surface area (Å²) in [5, 5.41) is 1.81. The average Bonchev–Trinajstić information content (AvgIpc) is 3.13. The Labute approximate surface area is 156 Å². The standard InChI is InChI=1S/C24H14N2O/c1-25-20-11-6-12-22-23(20)19-10-5-9-18(24(19)27-22)21-15-17(13-14-26-21)16-7-3-2-4-8-16/h2-15H. The van der Waals surface area contributed by atoms with Gasteiger partial charge in [-0.05, 0) is 35.4 Å². The molecule has 0 saturated carbocycles. The van der Waals surface area contributed by atoms with Crippen LogP contribution >= 0.6 is 0 Å². The van der Waals surface area contributed by atoms with Crippen LogP contribution in [0.2, 0.25) is 0 Å². The summed E-state index contributed by atoms with van der Waals surface area (Å²) in [6.45, 7) is 7.45. The number of hydrogen-bond acceptors (Lipinski definition) is 2. The molecule has 27 heavy (non-hydrogen) atoms. The highest BCUT2D eigenvalue weighted by Gasteiger charge is 2.15. The molecule has 0 saturated heterocycles. The predicted octanol–water partition coefficient (Wildman–Crippen LogP) is 6.87. The van der Waals surface area contributed by atoms with E-state index in [2.05, 4.69) is 28.0 Å². The molecule has 0 aliphatic heterocycles. The van der Waals surface area contributed by atoms with Crippen molar-refractivity contribution in [3.8, 4) is 22.4 Å². The second kappa shape index (κ2) is 6.12. The van der Waals surface area contributed by atoms with E-state index in [1.54, 1.807) is 0 Å². The van der Waals surface area contributed by atoms with E-state index in [0.29, 0.717) is 5.69 Å². The monoisotopic (exact) mass is 346 g/mol. The van der Waals surface area contributed by atoms with Crippen molar-refractivity contribution >= 4 is 27.6 Å². The first-order chi connectivity index (χ1) is 13.3. The molecular weight excluding hydrogens is 332 g/mol. The minimum atomic E-state index is 0.606. The number of furan rings is 1. The third kappa shape index (κ3) is 2.47. The highest BCUT2D eigenvalue weighted by molar-refractivity contribution is 6.14. The maximum absolute atomic E-state index is 7.45.